The summed E-state index contributed by atoms with van der Waals surface area (Å²) < 4.78 is 7.46. The fourth-order valence-electron chi connectivity index (χ4n) is 3.03. The van der Waals surface area contributed by atoms with Crippen LogP contribution < -0.4 is 0 Å². The Morgan fingerprint density at radius 3 is 2.61 bits per heavy atom. The molecule has 2 rings (SSSR count). The van der Waals surface area contributed by atoms with Crippen LogP contribution in [0.15, 0.2) is 0 Å². The van der Waals surface area contributed by atoms with Gasteiger partial charge in [0.15, 0.2) is 0 Å². The van der Waals surface area contributed by atoms with Gasteiger partial charge in [-0.3, -0.25) is 0 Å². The van der Waals surface area contributed by atoms with Gasteiger partial charge in [-0.1, -0.05) is 35.7 Å². The first-order valence-corrected chi connectivity index (χ1v) is 7.87. The molecular formula is C13H22BrN3O. The van der Waals surface area contributed by atoms with E-state index in [2.05, 4.69) is 37.6 Å². The Hall–Kier alpha value is -0.420. The highest BCUT2D eigenvalue weighted by Gasteiger charge is 2.38. The topological polar surface area (TPSA) is 39.9 Å². The fraction of sp³-hybridized carbons (Fsp3) is 0.846. The molecule has 0 atom stereocenters. The molecule has 1 fully saturated rings. The molecule has 1 aliphatic carbocycles. The number of halogens is 1. The van der Waals surface area contributed by atoms with Crippen molar-refractivity contribution in [1.82, 2.24) is 14.8 Å². The number of alkyl halides is 1. The Morgan fingerprint density at radius 2 is 2.06 bits per heavy atom. The van der Waals surface area contributed by atoms with Crippen molar-refractivity contribution in [3.8, 4) is 0 Å². The van der Waals surface area contributed by atoms with Crippen molar-refractivity contribution in [1.29, 1.82) is 0 Å². The molecule has 0 radical (unpaired) electrons. The molecule has 1 aromatic rings. The van der Waals surface area contributed by atoms with Crippen LogP contribution in [-0.4, -0.2) is 28.5 Å². The molecule has 1 saturated carbocycles. The van der Waals surface area contributed by atoms with Crippen LogP contribution in [0.3, 0.4) is 0 Å². The van der Waals surface area contributed by atoms with Gasteiger partial charge >= 0.3 is 0 Å². The molecular weight excluding hydrogens is 294 g/mol. The number of hydrogen-bond acceptors (Lipinski definition) is 3. The number of hydrogen-bond donors (Lipinski definition) is 0. The summed E-state index contributed by atoms with van der Waals surface area (Å²) in [4.78, 5) is 0. The summed E-state index contributed by atoms with van der Waals surface area (Å²) in [6, 6.07) is 0. The maximum atomic E-state index is 5.21. The van der Waals surface area contributed by atoms with E-state index in [0.29, 0.717) is 6.61 Å². The van der Waals surface area contributed by atoms with Gasteiger partial charge in [-0.05, 0) is 19.3 Å². The highest BCUT2D eigenvalue weighted by atomic mass is 79.9. The molecule has 0 saturated heterocycles. The highest BCUT2D eigenvalue weighted by Crippen LogP contribution is 2.43. The lowest BCUT2D eigenvalue weighted by molar-refractivity contribution is 0.183. The third-order valence-corrected chi connectivity index (χ3v) is 4.68. The molecule has 0 aromatic carbocycles. The van der Waals surface area contributed by atoms with Gasteiger partial charge in [-0.25, -0.2) is 0 Å². The first-order chi connectivity index (χ1) is 8.77. The largest absolute Gasteiger partial charge is 0.383 e. The van der Waals surface area contributed by atoms with Gasteiger partial charge in [0.2, 0.25) is 0 Å². The zero-order valence-electron chi connectivity index (χ0n) is 11.3. The molecule has 0 unspecified atom stereocenters. The minimum Gasteiger partial charge on any atom is -0.383 e. The van der Waals surface area contributed by atoms with Crippen LogP contribution in [0.4, 0.5) is 0 Å². The van der Waals surface area contributed by atoms with Crippen molar-refractivity contribution >= 4 is 15.9 Å². The van der Waals surface area contributed by atoms with Gasteiger partial charge < -0.3 is 9.30 Å². The number of aromatic nitrogens is 3. The molecule has 1 heterocycles. The average Bonchev–Trinajstić information content (AvgIpc) is 3.03. The van der Waals surface area contributed by atoms with E-state index in [9.17, 15) is 0 Å². The Labute approximate surface area is 117 Å². The third kappa shape index (κ3) is 2.48. The van der Waals surface area contributed by atoms with Gasteiger partial charge in [0.05, 0.1) is 11.9 Å². The summed E-state index contributed by atoms with van der Waals surface area (Å²) in [5.74, 6) is 2.19. The zero-order chi connectivity index (χ0) is 13.0. The van der Waals surface area contributed by atoms with E-state index < -0.39 is 0 Å². The lowest BCUT2D eigenvalue weighted by Crippen LogP contribution is -2.27. The Morgan fingerprint density at radius 1 is 1.33 bits per heavy atom. The Kier molecular flexibility index (Phi) is 4.78. The summed E-state index contributed by atoms with van der Waals surface area (Å²) in [6.07, 6.45) is 6.28. The summed E-state index contributed by atoms with van der Waals surface area (Å²) in [5.41, 5.74) is 0.251. The maximum Gasteiger partial charge on any atom is 0.143 e. The van der Waals surface area contributed by atoms with Crippen LogP contribution in [-0.2, 0) is 22.0 Å². The normalized spacial score (nSPS) is 18.4. The van der Waals surface area contributed by atoms with Crippen molar-refractivity contribution < 1.29 is 4.74 Å². The van der Waals surface area contributed by atoms with E-state index in [1.807, 2.05) is 0 Å². The predicted molar refractivity (Wildman–Crippen MR) is 75.0 cm³/mol. The smallest absolute Gasteiger partial charge is 0.143 e. The molecule has 1 aromatic heterocycles. The molecule has 1 aliphatic rings. The van der Waals surface area contributed by atoms with Gasteiger partial charge in [-0.15, -0.1) is 10.2 Å². The van der Waals surface area contributed by atoms with Gasteiger partial charge in [0.1, 0.15) is 11.6 Å². The molecule has 0 bridgehead atoms. The maximum absolute atomic E-state index is 5.21. The van der Waals surface area contributed by atoms with E-state index in [4.69, 9.17) is 4.74 Å². The summed E-state index contributed by atoms with van der Waals surface area (Å²) >= 11 is 3.50. The van der Waals surface area contributed by atoms with Crippen LogP contribution in [0.5, 0.6) is 0 Å². The second kappa shape index (κ2) is 6.15. The van der Waals surface area contributed by atoms with E-state index in [0.717, 1.165) is 24.1 Å². The molecule has 102 valence electrons. The Balaban J connectivity index is 2.33. The van der Waals surface area contributed by atoms with Crippen LogP contribution in [0.25, 0.3) is 0 Å². The van der Waals surface area contributed by atoms with Gasteiger partial charge in [-0.2, -0.15) is 0 Å². The first kappa shape index (κ1) is 14.0. The summed E-state index contributed by atoms with van der Waals surface area (Å²) in [6.45, 7) is 3.83. The van der Waals surface area contributed by atoms with Crippen molar-refractivity contribution in [3.63, 3.8) is 0 Å². The van der Waals surface area contributed by atoms with Gasteiger partial charge in [0, 0.05) is 19.1 Å². The lowest BCUT2D eigenvalue weighted by atomic mass is 9.82. The van der Waals surface area contributed by atoms with E-state index in [1.165, 1.54) is 31.5 Å². The molecule has 5 heteroatoms. The van der Waals surface area contributed by atoms with Crippen LogP contribution in [0, 0.1) is 0 Å². The third-order valence-electron chi connectivity index (χ3n) is 4.18. The SMILES string of the molecule is CCC1(c2nnc(CBr)n2CCOC)CCCC1. The van der Waals surface area contributed by atoms with Crippen molar-refractivity contribution in [2.75, 3.05) is 13.7 Å². The highest BCUT2D eigenvalue weighted by molar-refractivity contribution is 9.08. The monoisotopic (exact) mass is 315 g/mol. The quantitative estimate of drug-likeness (QED) is 0.757. The fourth-order valence-corrected chi connectivity index (χ4v) is 3.45. The number of ether oxygens (including phenoxy) is 1. The standard InChI is InChI=1S/C13H22BrN3O/c1-3-13(6-4-5-7-13)12-16-15-11(10-14)17(12)8-9-18-2/h3-10H2,1-2H3. The average molecular weight is 316 g/mol. The Bertz CT molecular complexity index is 386. The van der Waals surface area contributed by atoms with E-state index in [1.54, 1.807) is 7.11 Å². The predicted octanol–water partition coefficient (Wildman–Crippen LogP) is 3.04. The minimum absolute atomic E-state index is 0.251. The lowest BCUT2D eigenvalue weighted by Gasteiger charge is -2.27. The zero-order valence-corrected chi connectivity index (χ0v) is 12.9. The van der Waals surface area contributed by atoms with Gasteiger partial charge in [0.25, 0.3) is 0 Å². The minimum atomic E-state index is 0.251. The van der Waals surface area contributed by atoms with Crippen LogP contribution in [0.2, 0.25) is 0 Å². The van der Waals surface area contributed by atoms with Crippen molar-refractivity contribution in [2.24, 2.45) is 0 Å². The second-order valence-electron chi connectivity index (χ2n) is 5.06. The molecule has 4 nitrogen and oxygen atoms in total. The van der Waals surface area contributed by atoms with E-state index in [-0.39, 0.29) is 5.41 Å². The van der Waals surface area contributed by atoms with Crippen molar-refractivity contribution in [2.45, 2.75) is 56.3 Å². The molecule has 0 aliphatic heterocycles. The number of rotatable bonds is 6. The van der Waals surface area contributed by atoms with Crippen molar-refractivity contribution in [3.05, 3.63) is 11.6 Å². The molecule has 0 N–H and O–H groups in total. The molecule has 18 heavy (non-hydrogen) atoms. The first-order valence-electron chi connectivity index (χ1n) is 6.75. The molecule has 0 spiro atoms. The number of methoxy groups -OCH3 is 1. The summed E-state index contributed by atoms with van der Waals surface area (Å²) in [7, 11) is 1.74. The molecule has 0 amide bonds. The van der Waals surface area contributed by atoms with Crippen LogP contribution in [0.1, 0.15) is 50.7 Å². The van der Waals surface area contributed by atoms with Crippen LogP contribution >= 0.6 is 15.9 Å². The van der Waals surface area contributed by atoms with E-state index >= 15 is 0 Å². The summed E-state index contributed by atoms with van der Waals surface area (Å²) in [5, 5.41) is 9.58. The second-order valence-corrected chi connectivity index (χ2v) is 5.62. The number of nitrogens with zero attached hydrogens (tertiary/aromatic N) is 3.